The monoisotopic (exact) mass is 123 g/mol. The summed E-state index contributed by atoms with van der Waals surface area (Å²) in [5.41, 5.74) is 2.21. The second kappa shape index (κ2) is 4.07. The Kier molecular flexibility index (Phi) is 3.69. The third-order valence-electron chi connectivity index (χ3n) is 0.807. The van der Waals surface area contributed by atoms with E-state index in [1.165, 1.54) is 0 Å². The lowest BCUT2D eigenvalue weighted by molar-refractivity contribution is 1.43. The third kappa shape index (κ3) is 5.01. The molecule has 0 unspecified atom stereocenters. The van der Waals surface area contributed by atoms with Gasteiger partial charge in [-0.25, -0.2) is 0 Å². The van der Waals surface area contributed by atoms with Crippen molar-refractivity contribution in [2.45, 2.75) is 13.8 Å². The van der Waals surface area contributed by atoms with Crippen molar-refractivity contribution in [3.05, 3.63) is 23.8 Å². The molecule has 0 radical (unpaired) electrons. The number of allylic oxidation sites excluding steroid dienone is 3. The van der Waals surface area contributed by atoms with Gasteiger partial charge in [-0.2, -0.15) is 0 Å². The van der Waals surface area contributed by atoms with Crippen LogP contribution >= 0.6 is 0 Å². The van der Waals surface area contributed by atoms with Gasteiger partial charge < -0.3 is 0 Å². The maximum Gasteiger partial charge on any atom is 0.0277 e. The van der Waals surface area contributed by atoms with Gasteiger partial charge in [0.05, 0.1) is 0 Å². The lowest BCUT2D eigenvalue weighted by atomic mass is 10.2. The van der Waals surface area contributed by atoms with E-state index in [4.69, 9.17) is 0 Å². The smallest absolute Gasteiger partial charge is 0.0277 e. The fraction of sp³-hybridized carbons (Fsp3) is 0.375. The first-order valence-corrected chi connectivity index (χ1v) is 2.92. The minimum Gasteiger partial charge on any atom is -0.296 e. The van der Waals surface area contributed by atoms with Gasteiger partial charge in [0.15, 0.2) is 0 Å². The highest BCUT2D eigenvalue weighted by molar-refractivity contribution is 5.78. The van der Waals surface area contributed by atoms with E-state index in [0.717, 1.165) is 11.1 Å². The van der Waals surface area contributed by atoms with Crippen LogP contribution in [0.5, 0.6) is 0 Å². The van der Waals surface area contributed by atoms with Crippen molar-refractivity contribution in [2.75, 3.05) is 7.05 Å². The van der Waals surface area contributed by atoms with E-state index in [2.05, 4.69) is 11.6 Å². The molecule has 9 heavy (non-hydrogen) atoms. The molecule has 0 aromatic rings. The number of hydrogen-bond donors (Lipinski definition) is 0. The summed E-state index contributed by atoms with van der Waals surface area (Å²) in [6, 6.07) is 0. The summed E-state index contributed by atoms with van der Waals surface area (Å²) in [5.74, 6) is 0. The first kappa shape index (κ1) is 8.15. The van der Waals surface area contributed by atoms with Gasteiger partial charge in [-0.05, 0) is 19.4 Å². The Morgan fingerprint density at radius 1 is 1.44 bits per heavy atom. The predicted octanol–water partition coefficient (Wildman–Crippen LogP) is 2.21. The Labute approximate surface area is 56.8 Å². The highest BCUT2D eigenvalue weighted by Crippen LogP contribution is 1.94. The molecule has 0 N–H and O–H groups in total. The number of rotatable bonds is 2. The Morgan fingerprint density at radius 3 is 2.33 bits per heavy atom. The van der Waals surface area contributed by atoms with Crippen LogP contribution in [0.2, 0.25) is 0 Å². The molecule has 0 amide bonds. The molecule has 0 rings (SSSR count). The molecule has 1 nitrogen and oxygen atoms in total. The molecule has 0 spiro atoms. The lowest BCUT2D eigenvalue weighted by Crippen LogP contribution is -1.76. The van der Waals surface area contributed by atoms with Crippen LogP contribution in [0.1, 0.15) is 13.8 Å². The Balaban J connectivity index is 4.00. The van der Waals surface area contributed by atoms with Gasteiger partial charge in [-0.3, -0.25) is 4.99 Å². The molecular formula is C8H13N. The van der Waals surface area contributed by atoms with E-state index in [1.807, 2.05) is 26.1 Å². The molecule has 1 heteroatoms. The zero-order chi connectivity index (χ0) is 7.28. The molecule has 0 fully saturated rings. The van der Waals surface area contributed by atoms with E-state index >= 15 is 0 Å². The Bertz CT molecular complexity index is 152. The van der Waals surface area contributed by atoms with Crippen LogP contribution < -0.4 is 0 Å². The van der Waals surface area contributed by atoms with Crippen molar-refractivity contribution in [1.82, 2.24) is 0 Å². The first-order valence-electron chi connectivity index (χ1n) is 2.92. The highest BCUT2D eigenvalue weighted by Gasteiger charge is 1.79. The molecular weight excluding hydrogens is 110 g/mol. The van der Waals surface area contributed by atoms with Crippen LogP contribution in [0.4, 0.5) is 0 Å². The fourth-order valence-electron chi connectivity index (χ4n) is 0.630. The quantitative estimate of drug-likeness (QED) is 0.394. The second-order valence-electron chi connectivity index (χ2n) is 2.12. The fourth-order valence-corrected chi connectivity index (χ4v) is 0.630. The van der Waals surface area contributed by atoms with Crippen LogP contribution in [0, 0.1) is 0 Å². The maximum atomic E-state index is 3.85. The molecule has 0 aliphatic carbocycles. The second-order valence-corrected chi connectivity index (χ2v) is 2.12. The van der Waals surface area contributed by atoms with E-state index in [9.17, 15) is 0 Å². The Morgan fingerprint density at radius 2 is 2.00 bits per heavy atom. The average Bonchev–Trinajstić information content (AvgIpc) is 1.63. The first-order chi connectivity index (χ1) is 4.16. The van der Waals surface area contributed by atoms with Gasteiger partial charge in [0.25, 0.3) is 0 Å². The van der Waals surface area contributed by atoms with E-state index in [0.29, 0.717) is 0 Å². The molecule has 0 heterocycles. The molecule has 50 valence electrons. The number of aliphatic imine (C=N–C) groups is 1. The summed E-state index contributed by atoms with van der Waals surface area (Å²) < 4.78 is 0. The minimum atomic E-state index is 1.06. The number of hydrogen-bond acceptors (Lipinski definition) is 1. The molecule has 0 saturated carbocycles. The standard InChI is InChI=1S/C8H13N/c1-7(2)5-8(3)6-9-4/h5-6H,1H2,2-4H3/b8-5-,9-6-. The van der Waals surface area contributed by atoms with Gasteiger partial charge in [0.1, 0.15) is 0 Å². The van der Waals surface area contributed by atoms with Crippen molar-refractivity contribution in [3.8, 4) is 0 Å². The maximum absolute atomic E-state index is 3.85. The van der Waals surface area contributed by atoms with Crippen LogP contribution in [-0.2, 0) is 0 Å². The normalized spacial score (nSPS) is 12.6. The van der Waals surface area contributed by atoms with Crippen molar-refractivity contribution in [1.29, 1.82) is 0 Å². The lowest BCUT2D eigenvalue weighted by Gasteiger charge is -1.88. The van der Waals surface area contributed by atoms with Crippen LogP contribution in [0.3, 0.4) is 0 Å². The van der Waals surface area contributed by atoms with Gasteiger partial charge in [-0.15, -0.1) is 0 Å². The number of nitrogens with zero attached hydrogens (tertiary/aromatic N) is 1. The summed E-state index contributed by atoms with van der Waals surface area (Å²) in [6.07, 6.45) is 3.81. The van der Waals surface area contributed by atoms with Crippen molar-refractivity contribution < 1.29 is 0 Å². The van der Waals surface area contributed by atoms with E-state index in [1.54, 1.807) is 7.05 Å². The SMILES string of the molecule is C=C(C)/C=C(C)\C=N/C. The van der Waals surface area contributed by atoms with Gasteiger partial charge >= 0.3 is 0 Å². The van der Waals surface area contributed by atoms with Crippen LogP contribution in [0.15, 0.2) is 28.8 Å². The summed E-state index contributed by atoms with van der Waals surface area (Å²) in [5, 5.41) is 0. The van der Waals surface area contributed by atoms with Crippen molar-refractivity contribution in [3.63, 3.8) is 0 Å². The molecule has 0 atom stereocenters. The van der Waals surface area contributed by atoms with Gasteiger partial charge in [0, 0.05) is 13.3 Å². The van der Waals surface area contributed by atoms with Crippen molar-refractivity contribution >= 4 is 6.21 Å². The zero-order valence-corrected chi connectivity index (χ0v) is 6.31. The summed E-state index contributed by atoms with van der Waals surface area (Å²) in [7, 11) is 1.76. The molecule has 0 aliphatic rings. The summed E-state index contributed by atoms with van der Waals surface area (Å²) >= 11 is 0. The van der Waals surface area contributed by atoms with Crippen LogP contribution in [-0.4, -0.2) is 13.3 Å². The Hall–Kier alpha value is -0.850. The van der Waals surface area contributed by atoms with E-state index in [-0.39, 0.29) is 0 Å². The zero-order valence-electron chi connectivity index (χ0n) is 6.31. The van der Waals surface area contributed by atoms with Crippen LogP contribution in [0.25, 0.3) is 0 Å². The molecule has 0 aromatic carbocycles. The highest BCUT2D eigenvalue weighted by atomic mass is 14.6. The molecule has 0 aromatic heterocycles. The largest absolute Gasteiger partial charge is 0.296 e. The molecule has 0 saturated heterocycles. The molecule has 0 aliphatic heterocycles. The van der Waals surface area contributed by atoms with Gasteiger partial charge in [-0.1, -0.05) is 18.2 Å². The minimum absolute atomic E-state index is 1.06. The average molecular weight is 123 g/mol. The van der Waals surface area contributed by atoms with E-state index < -0.39 is 0 Å². The topological polar surface area (TPSA) is 12.4 Å². The molecule has 0 bridgehead atoms. The van der Waals surface area contributed by atoms with Gasteiger partial charge in [0.2, 0.25) is 0 Å². The third-order valence-corrected chi connectivity index (χ3v) is 0.807. The van der Waals surface area contributed by atoms with Crippen molar-refractivity contribution in [2.24, 2.45) is 4.99 Å². The summed E-state index contributed by atoms with van der Waals surface area (Å²) in [4.78, 5) is 3.85. The summed E-state index contributed by atoms with van der Waals surface area (Å²) in [6.45, 7) is 7.71. The predicted molar refractivity (Wildman–Crippen MR) is 43.0 cm³/mol.